The molecule has 23 heavy (non-hydrogen) atoms. The van der Waals surface area contributed by atoms with E-state index < -0.39 is 5.25 Å². The predicted molar refractivity (Wildman–Crippen MR) is 89.0 cm³/mol. The largest absolute Gasteiger partial charge is 0.336 e. The van der Waals surface area contributed by atoms with Gasteiger partial charge >= 0.3 is 6.03 Å². The third kappa shape index (κ3) is 3.35. The topological polar surface area (TPSA) is 67.2 Å². The number of thioether (sulfide) groups is 1. The number of urea groups is 1. The first-order valence-corrected chi connectivity index (χ1v) is 8.37. The van der Waals surface area contributed by atoms with Gasteiger partial charge in [0.2, 0.25) is 5.91 Å². The molecule has 2 heterocycles. The number of nitrogens with one attached hydrogen (secondary N) is 1. The van der Waals surface area contributed by atoms with Crippen LogP contribution >= 0.6 is 23.4 Å². The maximum atomic E-state index is 12.4. The molecule has 6 nitrogen and oxygen atoms in total. The van der Waals surface area contributed by atoms with E-state index in [1.54, 1.807) is 19.2 Å². The van der Waals surface area contributed by atoms with Gasteiger partial charge in [-0.1, -0.05) is 29.4 Å². The van der Waals surface area contributed by atoms with Crippen LogP contribution in [0.5, 0.6) is 0 Å². The van der Waals surface area contributed by atoms with Crippen molar-refractivity contribution in [2.24, 2.45) is 0 Å². The number of hydrogen-bond acceptors (Lipinski definition) is 4. The van der Waals surface area contributed by atoms with Crippen molar-refractivity contribution >= 4 is 35.3 Å². The average Bonchev–Trinajstić information content (AvgIpc) is 3.15. The van der Waals surface area contributed by atoms with E-state index in [-0.39, 0.29) is 11.9 Å². The molecule has 0 spiro atoms. The molecule has 0 saturated carbocycles. The molecule has 0 bridgehead atoms. The van der Waals surface area contributed by atoms with Crippen LogP contribution in [0.3, 0.4) is 0 Å². The quantitative estimate of drug-likeness (QED) is 0.860. The van der Waals surface area contributed by atoms with E-state index in [1.165, 1.54) is 16.7 Å². The van der Waals surface area contributed by atoms with E-state index >= 15 is 0 Å². The summed E-state index contributed by atoms with van der Waals surface area (Å²) in [6.45, 7) is 2.68. The first-order chi connectivity index (χ1) is 11.1. The number of aromatic nitrogens is 2. The zero-order chi connectivity index (χ0) is 16.4. The van der Waals surface area contributed by atoms with Gasteiger partial charge in [0.25, 0.3) is 0 Å². The molecule has 0 aliphatic carbocycles. The lowest BCUT2D eigenvalue weighted by Crippen LogP contribution is -2.39. The van der Waals surface area contributed by atoms with Crippen LogP contribution in [0.25, 0.3) is 5.69 Å². The molecule has 1 N–H and O–H groups in total. The Morgan fingerprint density at radius 1 is 1.48 bits per heavy atom. The number of carbonyl (C=O) groups excluding carboxylic acids is 2. The SMILES string of the molecule is C[C@H](Sc1nccn1-c1cccc(Cl)c1)C(=O)N1CCNC1=O. The molecule has 1 fully saturated rings. The summed E-state index contributed by atoms with van der Waals surface area (Å²) in [5.41, 5.74) is 0.871. The van der Waals surface area contributed by atoms with Crippen LogP contribution in [0.2, 0.25) is 5.02 Å². The first-order valence-electron chi connectivity index (χ1n) is 7.11. The van der Waals surface area contributed by atoms with Crippen LogP contribution in [-0.4, -0.2) is 44.7 Å². The van der Waals surface area contributed by atoms with Gasteiger partial charge in [-0.15, -0.1) is 0 Å². The molecule has 1 aliphatic heterocycles. The Bertz CT molecular complexity index is 749. The van der Waals surface area contributed by atoms with Gasteiger partial charge in [-0.3, -0.25) is 14.3 Å². The number of nitrogens with zero attached hydrogens (tertiary/aromatic N) is 3. The van der Waals surface area contributed by atoms with Crippen molar-refractivity contribution in [2.75, 3.05) is 13.1 Å². The maximum absolute atomic E-state index is 12.4. The highest BCUT2D eigenvalue weighted by Crippen LogP contribution is 2.26. The van der Waals surface area contributed by atoms with Gasteiger partial charge in [-0.2, -0.15) is 0 Å². The number of imide groups is 1. The fourth-order valence-electron chi connectivity index (χ4n) is 2.31. The van der Waals surface area contributed by atoms with Crippen LogP contribution in [-0.2, 0) is 4.79 Å². The molecule has 8 heteroatoms. The number of imidazole rings is 1. The standard InChI is InChI=1S/C15H15ClN4O2S/c1-10(13(21)20-8-5-17-14(20)22)23-15-18-6-7-19(15)12-4-2-3-11(16)9-12/h2-4,6-7,9-10H,5,8H2,1H3,(H,17,22)/t10-/m0/s1. The van der Waals surface area contributed by atoms with E-state index in [4.69, 9.17) is 11.6 Å². The van der Waals surface area contributed by atoms with Crippen molar-refractivity contribution < 1.29 is 9.59 Å². The smallest absolute Gasteiger partial charge is 0.324 e. The lowest BCUT2D eigenvalue weighted by Gasteiger charge is -2.17. The van der Waals surface area contributed by atoms with Crippen LogP contribution in [0.1, 0.15) is 6.92 Å². The summed E-state index contributed by atoms with van der Waals surface area (Å²) in [6, 6.07) is 7.06. The van der Waals surface area contributed by atoms with Crippen molar-refractivity contribution in [3.05, 3.63) is 41.7 Å². The zero-order valence-electron chi connectivity index (χ0n) is 12.4. The molecule has 1 aliphatic rings. The number of hydrogen-bond donors (Lipinski definition) is 1. The minimum atomic E-state index is -0.417. The van der Waals surface area contributed by atoms with Gasteiger partial charge in [0.1, 0.15) is 0 Å². The average molecular weight is 351 g/mol. The van der Waals surface area contributed by atoms with Crippen molar-refractivity contribution in [2.45, 2.75) is 17.3 Å². The number of rotatable bonds is 4. The van der Waals surface area contributed by atoms with Gasteiger partial charge in [0, 0.05) is 36.2 Å². The summed E-state index contributed by atoms with van der Waals surface area (Å²) in [5.74, 6) is -0.217. The Balaban J connectivity index is 1.77. The van der Waals surface area contributed by atoms with Crippen LogP contribution in [0, 0.1) is 0 Å². The Kier molecular flexibility index (Phi) is 4.58. The molecule has 120 valence electrons. The van der Waals surface area contributed by atoms with E-state index in [1.807, 2.05) is 29.0 Å². The van der Waals surface area contributed by atoms with Crippen molar-refractivity contribution in [3.8, 4) is 5.69 Å². The third-order valence-electron chi connectivity index (χ3n) is 3.45. The van der Waals surface area contributed by atoms with E-state index in [9.17, 15) is 9.59 Å². The Hall–Kier alpha value is -1.99. The number of amides is 3. The number of halogens is 1. The molecule has 3 rings (SSSR count). The molecule has 3 amide bonds. The van der Waals surface area contributed by atoms with Gasteiger partial charge < -0.3 is 5.32 Å². The molecule has 1 aromatic carbocycles. The second-order valence-corrected chi connectivity index (χ2v) is 6.79. The number of carbonyl (C=O) groups is 2. The van der Waals surface area contributed by atoms with E-state index in [0.717, 1.165) is 5.69 Å². The molecule has 2 aromatic rings. The normalized spacial score (nSPS) is 15.6. The number of benzene rings is 1. The first kappa shape index (κ1) is 15.9. The summed E-state index contributed by atoms with van der Waals surface area (Å²) in [5, 5.41) is 3.52. The third-order valence-corrected chi connectivity index (χ3v) is 4.75. The Morgan fingerprint density at radius 3 is 3.00 bits per heavy atom. The predicted octanol–water partition coefficient (Wildman–Crippen LogP) is 2.56. The summed E-state index contributed by atoms with van der Waals surface area (Å²) in [4.78, 5) is 29.5. The molecule has 1 aromatic heterocycles. The summed E-state index contributed by atoms with van der Waals surface area (Å²) >= 11 is 7.34. The van der Waals surface area contributed by atoms with Gasteiger partial charge in [0.05, 0.1) is 5.25 Å². The molecular formula is C15H15ClN4O2S. The molecule has 0 unspecified atom stereocenters. The van der Waals surface area contributed by atoms with Gasteiger partial charge in [0.15, 0.2) is 5.16 Å². The molecule has 0 radical (unpaired) electrons. The monoisotopic (exact) mass is 350 g/mol. The van der Waals surface area contributed by atoms with Gasteiger partial charge in [-0.25, -0.2) is 9.78 Å². The second kappa shape index (κ2) is 6.64. The fraction of sp³-hybridized carbons (Fsp3) is 0.267. The minimum absolute atomic E-state index is 0.217. The van der Waals surface area contributed by atoms with E-state index in [0.29, 0.717) is 23.3 Å². The van der Waals surface area contributed by atoms with Crippen molar-refractivity contribution in [3.63, 3.8) is 0 Å². The van der Waals surface area contributed by atoms with Crippen LogP contribution in [0.4, 0.5) is 4.79 Å². The van der Waals surface area contributed by atoms with Gasteiger partial charge in [-0.05, 0) is 25.1 Å². The highest BCUT2D eigenvalue weighted by Gasteiger charge is 2.30. The highest BCUT2D eigenvalue weighted by molar-refractivity contribution is 8.00. The van der Waals surface area contributed by atoms with Crippen LogP contribution in [0.15, 0.2) is 41.8 Å². The van der Waals surface area contributed by atoms with Crippen molar-refractivity contribution in [1.82, 2.24) is 19.8 Å². The van der Waals surface area contributed by atoms with Crippen LogP contribution < -0.4 is 5.32 Å². The summed E-state index contributed by atoms with van der Waals surface area (Å²) in [7, 11) is 0. The van der Waals surface area contributed by atoms with Crippen molar-refractivity contribution in [1.29, 1.82) is 0 Å². The minimum Gasteiger partial charge on any atom is -0.336 e. The molecule has 1 saturated heterocycles. The summed E-state index contributed by atoms with van der Waals surface area (Å²) in [6.07, 6.45) is 3.48. The molecular weight excluding hydrogens is 336 g/mol. The maximum Gasteiger partial charge on any atom is 0.324 e. The molecule has 1 atom stereocenters. The lowest BCUT2D eigenvalue weighted by atomic mass is 10.3. The lowest BCUT2D eigenvalue weighted by molar-refractivity contribution is -0.126. The summed E-state index contributed by atoms with van der Waals surface area (Å²) < 4.78 is 1.87. The highest BCUT2D eigenvalue weighted by atomic mass is 35.5. The zero-order valence-corrected chi connectivity index (χ0v) is 14.0. The fourth-order valence-corrected chi connectivity index (χ4v) is 3.44. The Labute approximate surface area is 142 Å². The second-order valence-electron chi connectivity index (χ2n) is 5.04. The Morgan fingerprint density at radius 2 is 2.30 bits per heavy atom. The van der Waals surface area contributed by atoms with E-state index in [2.05, 4.69) is 10.3 Å².